The van der Waals surface area contributed by atoms with Crippen LogP contribution in [-0.4, -0.2) is 26.3 Å². The average molecular weight is 221 g/mol. The van der Waals surface area contributed by atoms with E-state index in [1.165, 1.54) is 18.4 Å². The molecule has 1 aliphatic rings. The highest BCUT2D eigenvalue weighted by Crippen LogP contribution is 2.12. The molecule has 2 rings (SSSR count). The summed E-state index contributed by atoms with van der Waals surface area (Å²) in [5, 5.41) is 3.42. The largest absolute Gasteiger partial charge is 0.497 e. The van der Waals surface area contributed by atoms with Gasteiger partial charge in [0.05, 0.1) is 20.3 Å². The zero-order valence-corrected chi connectivity index (χ0v) is 9.74. The molecule has 0 spiro atoms. The van der Waals surface area contributed by atoms with Crippen LogP contribution < -0.4 is 10.1 Å². The summed E-state index contributed by atoms with van der Waals surface area (Å²) in [6.07, 6.45) is 2.51. The maximum Gasteiger partial charge on any atom is 0.118 e. The van der Waals surface area contributed by atoms with Crippen molar-refractivity contribution in [3.8, 4) is 5.75 Å². The monoisotopic (exact) mass is 221 g/mol. The van der Waals surface area contributed by atoms with Crippen LogP contribution in [0.2, 0.25) is 0 Å². The lowest BCUT2D eigenvalue weighted by atomic mass is 10.2. The molecule has 0 aliphatic carbocycles. The molecular weight excluding hydrogens is 202 g/mol. The van der Waals surface area contributed by atoms with Gasteiger partial charge in [-0.05, 0) is 37.1 Å². The number of benzene rings is 1. The molecule has 0 amide bonds. The highest BCUT2D eigenvalue weighted by Gasteiger charge is 2.13. The smallest absolute Gasteiger partial charge is 0.118 e. The number of nitrogens with one attached hydrogen (secondary N) is 1. The lowest BCUT2D eigenvalue weighted by Gasteiger charge is -2.10. The Morgan fingerprint density at radius 1 is 1.31 bits per heavy atom. The van der Waals surface area contributed by atoms with Gasteiger partial charge in [0.1, 0.15) is 5.75 Å². The van der Waals surface area contributed by atoms with Crippen LogP contribution in [0.1, 0.15) is 18.4 Å². The maximum atomic E-state index is 5.67. The Morgan fingerprint density at radius 3 is 2.75 bits per heavy atom. The van der Waals surface area contributed by atoms with Gasteiger partial charge in [-0.3, -0.25) is 0 Å². The van der Waals surface area contributed by atoms with Crippen LogP contribution in [0.5, 0.6) is 5.75 Å². The molecule has 1 fully saturated rings. The Balaban J connectivity index is 1.71. The van der Waals surface area contributed by atoms with Gasteiger partial charge in [-0.15, -0.1) is 0 Å². The number of hydrogen-bond donors (Lipinski definition) is 1. The molecule has 1 aromatic rings. The van der Waals surface area contributed by atoms with E-state index in [2.05, 4.69) is 5.32 Å². The molecule has 1 saturated heterocycles. The van der Waals surface area contributed by atoms with E-state index in [9.17, 15) is 0 Å². The zero-order chi connectivity index (χ0) is 11.2. The van der Waals surface area contributed by atoms with Crippen molar-refractivity contribution in [1.29, 1.82) is 0 Å². The fourth-order valence-electron chi connectivity index (χ4n) is 1.94. The van der Waals surface area contributed by atoms with E-state index in [1.54, 1.807) is 7.11 Å². The SMILES string of the molecule is COc1ccc(COC[C@@H]2CCCN2)cc1. The van der Waals surface area contributed by atoms with Gasteiger partial charge in [0, 0.05) is 6.04 Å². The first kappa shape index (κ1) is 11.4. The molecule has 1 atom stereocenters. The topological polar surface area (TPSA) is 30.5 Å². The zero-order valence-electron chi connectivity index (χ0n) is 9.74. The lowest BCUT2D eigenvalue weighted by Crippen LogP contribution is -2.26. The van der Waals surface area contributed by atoms with Gasteiger partial charge in [0.15, 0.2) is 0 Å². The summed E-state index contributed by atoms with van der Waals surface area (Å²) in [6, 6.07) is 8.57. The van der Waals surface area contributed by atoms with Crippen LogP contribution in [0.15, 0.2) is 24.3 Å². The molecule has 88 valence electrons. The maximum absolute atomic E-state index is 5.67. The number of ether oxygens (including phenoxy) is 2. The first-order valence-corrected chi connectivity index (χ1v) is 5.82. The standard InChI is InChI=1S/C13H19NO2/c1-15-13-6-4-11(5-7-13)9-16-10-12-3-2-8-14-12/h4-7,12,14H,2-3,8-10H2,1H3/t12-/m0/s1. The van der Waals surface area contributed by atoms with E-state index in [4.69, 9.17) is 9.47 Å². The van der Waals surface area contributed by atoms with Crippen LogP contribution in [-0.2, 0) is 11.3 Å². The van der Waals surface area contributed by atoms with Crippen molar-refractivity contribution in [3.63, 3.8) is 0 Å². The van der Waals surface area contributed by atoms with Crippen molar-refractivity contribution < 1.29 is 9.47 Å². The normalized spacial score (nSPS) is 19.9. The minimum Gasteiger partial charge on any atom is -0.497 e. The molecule has 0 aromatic heterocycles. The molecular formula is C13H19NO2. The molecule has 0 saturated carbocycles. The van der Waals surface area contributed by atoms with Crippen LogP contribution in [0.25, 0.3) is 0 Å². The van der Waals surface area contributed by atoms with Gasteiger partial charge in [-0.2, -0.15) is 0 Å². The van der Waals surface area contributed by atoms with Crippen molar-refractivity contribution in [2.45, 2.75) is 25.5 Å². The van der Waals surface area contributed by atoms with E-state index in [0.29, 0.717) is 12.6 Å². The minimum atomic E-state index is 0.554. The van der Waals surface area contributed by atoms with Crippen molar-refractivity contribution in [1.82, 2.24) is 5.32 Å². The second-order valence-electron chi connectivity index (χ2n) is 4.16. The third-order valence-electron chi connectivity index (χ3n) is 2.91. The molecule has 0 bridgehead atoms. The average Bonchev–Trinajstić information content (AvgIpc) is 2.83. The summed E-state index contributed by atoms with van der Waals surface area (Å²) in [4.78, 5) is 0. The Labute approximate surface area is 96.8 Å². The Bertz CT molecular complexity index is 304. The van der Waals surface area contributed by atoms with Crippen LogP contribution in [0, 0.1) is 0 Å². The van der Waals surface area contributed by atoms with Crippen LogP contribution in [0.4, 0.5) is 0 Å². The predicted octanol–water partition coefficient (Wildman–Crippen LogP) is 1.96. The summed E-state index contributed by atoms with van der Waals surface area (Å²) < 4.78 is 10.8. The van der Waals surface area contributed by atoms with Gasteiger partial charge >= 0.3 is 0 Å². The Morgan fingerprint density at radius 2 is 2.12 bits per heavy atom. The van der Waals surface area contributed by atoms with Crippen molar-refractivity contribution in [2.75, 3.05) is 20.3 Å². The molecule has 3 heteroatoms. The number of rotatable bonds is 5. The summed E-state index contributed by atoms with van der Waals surface area (Å²) in [7, 11) is 1.68. The Kier molecular flexibility index (Phi) is 4.19. The van der Waals surface area contributed by atoms with Gasteiger partial charge in [0.2, 0.25) is 0 Å². The quantitative estimate of drug-likeness (QED) is 0.824. The fourth-order valence-corrected chi connectivity index (χ4v) is 1.94. The minimum absolute atomic E-state index is 0.554. The number of methoxy groups -OCH3 is 1. The van der Waals surface area contributed by atoms with Gasteiger partial charge in [0.25, 0.3) is 0 Å². The third-order valence-corrected chi connectivity index (χ3v) is 2.91. The summed E-state index contributed by atoms with van der Waals surface area (Å²) in [5.41, 5.74) is 1.19. The van der Waals surface area contributed by atoms with E-state index >= 15 is 0 Å². The van der Waals surface area contributed by atoms with Crippen molar-refractivity contribution in [3.05, 3.63) is 29.8 Å². The second-order valence-corrected chi connectivity index (χ2v) is 4.16. The highest BCUT2D eigenvalue weighted by atomic mass is 16.5. The van der Waals surface area contributed by atoms with Gasteiger partial charge in [-0.1, -0.05) is 12.1 Å². The molecule has 16 heavy (non-hydrogen) atoms. The van der Waals surface area contributed by atoms with Crippen LogP contribution >= 0.6 is 0 Å². The van der Waals surface area contributed by atoms with Crippen molar-refractivity contribution in [2.24, 2.45) is 0 Å². The Hall–Kier alpha value is -1.06. The van der Waals surface area contributed by atoms with E-state index in [0.717, 1.165) is 18.9 Å². The molecule has 3 nitrogen and oxygen atoms in total. The van der Waals surface area contributed by atoms with Crippen LogP contribution in [0.3, 0.4) is 0 Å². The number of hydrogen-bond acceptors (Lipinski definition) is 3. The lowest BCUT2D eigenvalue weighted by molar-refractivity contribution is 0.103. The molecule has 0 radical (unpaired) electrons. The van der Waals surface area contributed by atoms with Gasteiger partial charge < -0.3 is 14.8 Å². The van der Waals surface area contributed by atoms with E-state index in [-0.39, 0.29) is 0 Å². The highest BCUT2D eigenvalue weighted by molar-refractivity contribution is 5.26. The first-order chi connectivity index (χ1) is 7.88. The van der Waals surface area contributed by atoms with E-state index in [1.807, 2.05) is 24.3 Å². The van der Waals surface area contributed by atoms with Crippen molar-refractivity contribution >= 4 is 0 Å². The molecule has 1 N–H and O–H groups in total. The van der Waals surface area contributed by atoms with Gasteiger partial charge in [-0.25, -0.2) is 0 Å². The summed E-state index contributed by atoms with van der Waals surface area (Å²) in [5.74, 6) is 0.890. The second kappa shape index (κ2) is 5.87. The molecule has 1 aromatic carbocycles. The molecule has 1 heterocycles. The fraction of sp³-hybridized carbons (Fsp3) is 0.538. The third kappa shape index (κ3) is 3.22. The molecule has 1 aliphatic heterocycles. The molecule has 0 unspecified atom stereocenters. The summed E-state index contributed by atoms with van der Waals surface area (Å²) >= 11 is 0. The first-order valence-electron chi connectivity index (χ1n) is 5.82. The van der Waals surface area contributed by atoms with E-state index < -0.39 is 0 Å². The summed E-state index contributed by atoms with van der Waals surface area (Å²) in [6.45, 7) is 2.63. The predicted molar refractivity (Wildman–Crippen MR) is 63.7 cm³/mol.